The summed E-state index contributed by atoms with van der Waals surface area (Å²) in [5.74, 6) is 0.190. The van der Waals surface area contributed by atoms with E-state index >= 15 is 0 Å². The second-order valence-corrected chi connectivity index (χ2v) is 9.80. The molecule has 2 bridgehead atoms. The first-order chi connectivity index (χ1) is 15.8. The Bertz CT molecular complexity index is 1310. The molecule has 10 heteroatoms. The monoisotopic (exact) mass is 447 g/mol. The molecular formula is C23H25N7O3. The van der Waals surface area contributed by atoms with Crippen LogP contribution in [-0.2, 0) is 4.79 Å². The highest BCUT2D eigenvalue weighted by atomic mass is 16.4. The number of fused-ring (bicyclic) bond motifs is 3. The summed E-state index contributed by atoms with van der Waals surface area (Å²) in [5.41, 5.74) is 7.36. The molecule has 3 aliphatic rings. The highest BCUT2D eigenvalue weighted by Crippen LogP contribution is 2.58. The van der Waals surface area contributed by atoms with E-state index < -0.39 is 5.97 Å². The molecule has 0 radical (unpaired) electrons. The minimum atomic E-state index is -0.659. The first-order valence-electron chi connectivity index (χ1n) is 11.3. The summed E-state index contributed by atoms with van der Waals surface area (Å²) in [5, 5.41) is 14.0. The third-order valence-corrected chi connectivity index (χ3v) is 7.78. The molecule has 170 valence electrons. The van der Waals surface area contributed by atoms with Gasteiger partial charge in [-0.25, -0.2) is 15.0 Å². The molecule has 0 aromatic carbocycles. The van der Waals surface area contributed by atoms with Crippen molar-refractivity contribution in [1.29, 1.82) is 0 Å². The Morgan fingerprint density at radius 3 is 2.48 bits per heavy atom. The van der Waals surface area contributed by atoms with Crippen LogP contribution in [0.5, 0.6) is 0 Å². The lowest BCUT2D eigenvalue weighted by Gasteiger charge is -2.54. The second kappa shape index (κ2) is 6.97. The Hall–Kier alpha value is -3.56. The molecule has 10 nitrogen and oxygen atoms in total. The van der Waals surface area contributed by atoms with Crippen LogP contribution in [-0.4, -0.2) is 47.9 Å². The molecular weight excluding hydrogens is 422 g/mol. The third-order valence-electron chi connectivity index (χ3n) is 7.78. The smallest absolute Gasteiger partial charge is 0.306 e. The van der Waals surface area contributed by atoms with Crippen molar-refractivity contribution in [2.75, 3.05) is 10.6 Å². The zero-order valence-electron chi connectivity index (χ0n) is 18.3. The van der Waals surface area contributed by atoms with Gasteiger partial charge in [0.15, 0.2) is 0 Å². The van der Waals surface area contributed by atoms with E-state index in [0.29, 0.717) is 29.0 Å². The lowest BCUT2D eigenvalue weighted by atomic mass is 9.56. The van der Waals surface area contributed by atoms with Gasteiger partial charge in [0.1, 0.15) is 28.9 Å². The molecule has 3 aromatic rings. The van der Waals surface area contributed by atoms with Crippen LogP contribution < -0.4 is 16.2 Å². The van der Waals surface area contributed by atoms with Gasteiger partial charge in [-0.05, 0) is 63.0 Å². The number of hydrogen-bond acceptors (Lipinski definition) is 8. The predicted molar refractivity (Wildman–Crippen MR) is 121 cm³/mol. The summed E-state index contributed by atoms with van der Waals surface area (Å²) in [4.78, 5) is 39.5. The number of carbonyl (C=O) groups is 1. The molecule has 1 aliphatic carbocycles. The SMILES string of the molecule is Cc1nn(-c2ccc(N3C4CCC3CC3(CC(C(=O)O)C3)C4)nc2)c(=O)c2c(N)ncnc12. The first kappa shape index (κ1) is 20.1. The fourth-order valence-corrected chi connectivity index (χ4v) is 6.38. The van der Waals surface area contributed by atoms with Crippen molar-refractivity contribution in [1.82, 2.24) is 24.7 Å². The fraction of sp³-hybridized carbons (Fsp3) is 0.478. The summed E-state index contributed by atoms with van der Waals surface area (Å²) < 4.78 is 1.30. The molecule has 3 N–H and O–H groups in total. The van der Waals surface area contributed by atoms with Gasteiger partial charge in [0, 0.05) is 12.1 Å². The van der Waals surface area contributed by atoms with Crippen LogP contribution in [0.1, 0.15) is 44.2 Å². The Labute approximate surface area is 189 Å². The Morgan fingerprint density at radius 1 is 1.12 bits per heavy atom. The number of aliphatic carboxylic acids is 1. The van der Waals surface area contributed by atoms with Crippen LogP contribution in [0.3, 0.4) is 0 Å². The van der Waals surface area contributed by atoms with Crippen molar-refractivity contribution < 1.29 is 9.90 Å². The predicted octanol–water partition coefficient (Wildman–Crippen LogP) is 2.07. The van der Waals surface area contributed by atoms with E-state index in [2.05, 4.69) is 20.0 Å². The molecule has 3 aromatic heterocycles. The van der Waals surface area contributed by atoms with Gasteiger partial charge in [0.25, 0.3) is 5.56 Å². The number of anilines is 2. The summed E-state index contributed by atoms with van der Waals surface area (Å²) in [6.45, 7) is 1.78. The number of hydrogen-bond donors (Lipinski definition) is 2. The number of pyridine rings is 1. The van der Waals surface area contributed by atoms with Crippen LogP contribution in [0.25, 0.3) is 16.6 Å². The zero-order chi connectivity index (χ0) is 22.9. The number of carboxylic acids is 1. The minimum absolute atomic E-state index is 0.133. The number of piperidine rings is 1. The van der Waals surface area contributed by atoms with Crippen LogP contribution >= 0.6 is 0 Å². The van der Waals surface area contributed by atoms with E-state index in [0.717, 1.165) is 44.3 Å². The number of nitrogen functional groups attached to an aromatic ring is 1. The number of aryl methyl sites for hydroxylation is 1. The average Bonchev–Trinajstić information content (AvgIpc) is 3.04. The molecule has 2 atom stereocenters. The van der Waals surface area contributed by atoms with E-state index in [9.17, 15) is 14.7 Å². The van der Waals surface area contributed by atoms with Gasteiger partial charge in [-0.2, -0.15) is 9.78 Å². The molecule has 3 fully saturated rings. The lowest BCUT2D eigenvalue weighted by molar-refractivity contribution is -0.151. The maximum Gasteiger partial charge on any atom is 0.306 e. The summed E-state index contributed by atoms with van der Waals surface area (Å²) >= 11 is 0. The van der Waals surface area contributed by atoms with E-state index in [1.54, 1.807) is 13.1 Å². The van der Waals surface area contributed by atoms with Crippen molar-refractivity contribution in [3.05, 3.63) is 40.7 Å². The molecule has 2 saturated heterocycles. The zero-order valence-corrected chi connectivity index (χ0v) is 18.3. The van der Waals surface area contributed by atoms with Crippen LogP contribution in [0.2, 0.25) is 0 Å². The molecule has 6 rings (SSSR count). The number of nitrogens with zero attached hydrogens (tertiary/aromatic N) is 6. The van der Waals surface area contributed by atoms with E-state index in [1.165, 1.54) is 11.0 Å². The quantitative estimate of drug-likeness (QED) is 0.617. The fourth-order valence-electron chi connectivity index (χ4n) is 6.38. The van der Waals surface area contributed by atoms with Crippen LogP contribution in [0.15, 0.2) is 29.5 Å². The number of aromatic nitrogens is 5. The van der Waals surface area contributed by atoms with Gasteiger partial charge in [0.05, 0.1) is 23.5 Å². The first-order valence-corrected chi connectivity index (χ1v) is 11.3. The van der Waals surface area contributed by atoms with Crippen molar-refractivity contribution in [3.8, 4) is 5.69 Å². The maximum atomic E-state index is 13.0. The number of carboxylic acid groups (broad SMARTS) is 1. The molecule has 0 amide bonds. The van der Waals surface area contributed by atoms with E-state index in [-0.39, 0.29) is 28.1 Å². The molecule has 2 aliphatic heterocycles. The highest BCUT2D eigenvalue weighted by molar-refractivity contribution is 5.88. The van der Waals surface area contributed by atoms with Gasteiger partial charge in [0.2, 0.25) is 0 Å². The third kappa shape index (κ3) is 3.00. The number of nitrogens with two attached hydrogens (primary N) is 1. The van der Waals surface area contributed by atoms with Gasteiger partial charge >= 0.3 is 5.97 Å². The topological polar surface area (TPSA) is 140 Å². The van der Waals surface area contributed by atoms with Crippen molar-refractivity contribution in [2.24, 2.45) is 11.3 Å². The maximum absolute atomic E-state index is 13.0. The molecule has 1 saturated carbocycles. The van der Waals surface area contributed by atoms with Gasteiger partial charge in [-0.1, -0.05) is 0 Å². The minimum Gasteiger partial charge on any atom is -0.481 e. The summed E-state index contributed by atoms with van der Waals surface area (Å²) in [6.07, 6.45) is 8.88. The largest absolute Gasteiger partial charge is 0.481 e. The summed E-state index contributed by atoms with van der Waals surface area (Å²) in [6, 6.07) is 4.57. The molecule has 33 heavy (non-hydrogen) atoms. The van der Waals surface area contributed by atoms with Crippen LogP contribution in [0, 0.1) is 18.3 Å². The van der Waals surface area contributed by atoms with Gasteiger partial charge in [-0.15, -0.1) is 0 Å². The average molecular weight is 447 g/mol. The normalized spacial score (nSPS) is 28.3. The lowest BCUT2D eigenvalue weighted by Crippen LogP contribution is -2.54. The standard InChI is InChI=1S/C23H25N7O3/c1-12-19-18(20(24)27-11-26-19)21(31)30(28-12)16-4-5-17(25-10-16)29-14-2-3-15(29)9-23(8-14)6-13(7-23)22(32)33/h4-5,10-11,13-15H,2-3,6-9H2,1H3,(H,32,33)(H2,24,26,27). The van der Waals surface area contributed by atoms with Crippen molar-refractivity contribution in [3.63, 3.8) is 0 Å². The molecule has 1 spiro atoms. The Kier molecular flexibility index (Phi) is 4.24. The van der Waals surface area contributed by atoms with Crippen LogP contribution in [0.4, 0.5) is 11.6 Å². The Morgan fingerprint density at radius 2 is 1.85 bits per heavy atom. The molecule has 5 heterocycles. The summed E-state index contributed by atoms with van der Waals surface area (Å²) in [7, 11) is 0. The van der Waals surface area contributed by atoms with Crippen molar-refractivity contribution in [2.45, 2.75) is 57.5 Å². The number of rotatable bonds is 3. The van der Waals surface area contributed by atoms with Crippen molar-refractivity contribution >= 4 is 28.5 Å². The van der Waals surface area contributed by atoms with E-state index in [1.807, 2.05) is 12.1 Å². The van der Waals surface area contributed by atoms with E-state index in [4.69, 9.17) is 10.7 Å². The Balaban J connectivity index is 1.28. The molecule has 2 unspecified atom stereocenters. The highest BCUT2D eigenvalue weighted by Gasteiger charge is 2.55. The van der Waals surface area contributed by atoms with Gasteiger partial charge < -0.3 is 15.7 Å². The second-order valence-electron chi connectivity index (χ2n) is 9.80. The van der Waals surface area contributed by atoms with Gasteiger partial charge in [-0.3, -0.25) is 9.59 Å².